The van der Waals surface area contributed by atoms with Crippen molar-refractivity contribution in [2.75, 3.05) is 6.61 Å². The predicted octanol–water partition coefficient (Wildman–Crippen LogP) is -2.87. The van der Waals surface area contributed by atoms with E-state index < -0.39 is 83.8 Å². The first-order valence-corrected chi connectivity index (χ1v) is 12.8. The molecule has 188 valence electrons. The lowest BCUT2D eigenvalue weighted by Crippen LogP contribution is -2.37. The molecule has 0 bridgehead atoms. The van der Waals surface area contributed by atoms with Gasteiger partial charge >= 0.3 is 35.1 Å². The third-order valence-corrected chi connectivity index (χ3v) is 7.63. The molecule has 2 rings (SSSR count). The molecule has 33 heavy (non-hydrogen) atoms. The number of rotatable bonds is 10. The van der Waals surface area contributed by atoms with Crippen LogP contribution in [0.5, 0.6) is 0 Å². The van der Waals surface area contributed by atoms with Crippen molar-refractivity contribution >= 4 is 29.4 Å². The summed E-state index contributed by atoms with van der Waals surface area (Å²) >= 11 is 0. The number of carbonyl (C=O) groups is 1. The van der Waals surface area contributed by atoms with Gasteiger partial charge < -0.3 is 39.6 Å². The number of hydrogen-bond donors (Lipinski definition) is 8. The van der Waals surface area contributed by atoms with Gasteiger partial charge in [0.2, 0.25) is 0 Å². The lowest BCUT2D eigenvalue weighted by atomic mass is 10.0. The Morgan fingerprint density at radius 1 is 1.06 bits per heavy atom. The third kappa shape index (κ3) is 7.73. The molecule has 8 N–H and O–H groups in total. The maximum absolute atomic E-state index is 12.1. The Kier molecular flexibility index (Phi) is 8.36. The number of aliphatic carboxylic acids is 1. The Morgan fingerprint density at radius 3 is 2.21 bits per heavy atom. The van der Waals surface area contributed by atoms with Crippen molar-refractivity contribution in [2.24, 2.45) is 0 Å². The summed E-state index contributed by atoms with van der Waals surface area (Å²) in [6.07, 6.45) is -6.41. The number of aliphatic hydroxyl groups excluding tert-OH is 2. The Balaban J connectivity index is 2.15. The molecule has 19 nitrogen and oxygen atoms in total. The van der Waals surface area contributed by atoms with Crippen LogP contribution in [-0.2, 0) is 42.9 Å². The number of aromatic amines is 1. The first-order valence-electron chi connectivity index (χ1n) is 8.26. The van der Waals surface area contributed by atoms with Gasteiger partial charge in [-0.25, -0.2) is 18.5 Å². The summed E-state index contributed by atoms with van der Waals surface area (Å²) < 4.78 is 50.7. The highest BCUT2D eigenvalue weighted by Gasteiger charge is 2.47. The lowest BCUT2D eigenvalue weighted by molar-refractivity contribution is -0.137. The zero-order chi connectivity index (χ0) is 25.4. The first-order chi connectivity index (χ1) is 14.9. The van der Waals surface area contributed by atoms with Crippen molar-refractivity contribution in [1.29, 1.82) is 0 Å². The number of nitrogens with one attached hydrogen (secondary N) is 1. The number of aliphatic hydroxyl groups is 2. The third-order valence-electron chi connectivity index (χ3n) is 3.83. The van der Waals surface area contributed by atoms with Crippen LogP contribution in [-0.4, -0.2) is 75.3 Å². The van der Waals surface area contributed by atoms with Crippen LogP contribution in [0.25, 0.3) is 0 Å². The fraction of sp³-hybridized carbons (Fsp3) is 0.545. The molecule has 1 aliphatic heterocycles. The fourth-order valence-corrected chi connectivity index (χ4v) is 5.64. The number of phosphoric acid groups is 3. The van der Waals surface area contributed by atoms with Crippen molar-refractivity contribution in [3.63, 3.8) is 0 Å². The molecule has 1 fully saturated rings. The van der Waals surface area contributed by atoms with Gasteiger partial charge in [0.1, 0.15) is 31.0 Å². The van der Waals surface area contributed by atoms with Gasteiger partial charge in [-0.3, -0.25) is 23.7 Å². The Hall–Kier alpha value is -1.56. The van der Waals surface area contributed by atoms with Crippen molar-refractivity contribution in [3.05, 3.63) is 32.6 Å². The second-order valence-corrected chi connectivity index (χ2v) is 10.7. The van der Waals surface area contributed by atoms with Gasteiger partial charge in [0.05, 0.1) is 12.2 Å². The molecule has 0 amide bonds. The summed E-state index contributed by atoms with van der Waals surface area (Å²) in [6.45, 7) is -2.01. The summed E-state index contributed by atoms with van der Waals surface area (Å²) in [5, 5.41) is 29.0. The van der Waals surface area contributed by atoms with E-state index in [4.69, 9.17) is 24.5 Å². The van der Waals surface area contributed by atoms with Crippen LogP contribution in [0, 0.1) is 0 Å². The number of carboxylic acid groups (broad SMARTS) is 1. The summed E-state index contributed by atoms with van der Waals surface area (Å²) in [6, 6.07) is 0. The van der Waals surface area contributed by atoms with Gasteiger partial charge in [-0.2, -0.15) is 8.62 Å². The predicted molar refractivity (Wildman–Crippen MR) is 98.4 cm³/mol. The van der Waals surface area contributed by atoms with Crippen molar-refractivity contribution in [3.8, 4) is 0 Å². The molecule has 1 aromatic heterocycles. The summed E-state index contributed by atoms with van der Waals surface area (Å²) in [7, 11) is -17.0. The number of phosphoric ester groups is 1. The molecule has 1 aliphatic rings. The summed E-state index contributed by atoms with van der Waals surface area (Å²) in [4.78, 5) is 71.8. The van der Waals surface area contributed by atoms with E-state index in [9.17, 15) is 43.2 Å². The van der Waals surface area contributed by atoms with E-state index in [-0.39, 0.29) is 0 Å². The minimum absolute atomic E-state index is 0.497. The molecule has 0 saturated carbocycles. The number of nitrogens with zero attached hydrogens (tertiary/aromatic N) is 1. The van der Waals surface area contributed by atoms with Gasteiger partial charge in [-0.15, -0.1) is 0 Å². The number of H-pyrrole nitrogens is 1. The summed E-state index contributed by atoms with van der Waals surface area (Å²) in [5.41, 5.74) is -2.70. The zero-order valence-corrected chi connectivity index (χ0v) is 18.5. The normalized spacial score (nSPS) is 27.1. The monoisotopic (exact) mass is 542 g/mol. The van der Waals surface area contributed by atoms with Crippen LogP contribution in [0.3, 0.4) is 0 Å². The Bertz CT molecular complexity index is 1150. The molecule has 0 aliphatic carbocycles. The molecule has 1 saturated heterocycles. The topological polar surface area (TPSA) is 302 Å². The lowest BCUT2D eigenvalue weighted by Gasteiger charge is -2.19. The molecule has 6 atom stereocenters. The van der Waals surface area contributed by atoms with Crippen molar-refractivity contribution in [1.82, 2.24) is 9.55 Å². The highest BCUT2D eigenvalue weighted by atomic mass is 31.3. The van der Waals surface area contributed by atoms with E-state index in [1.54, 1.807) is 4.98 Å². The maximum Gasteiger partial charge on any atom is 0.490 e. The van der Waals surface area contributed by atoms with E-state index in [1.165, 1.54) is 0 Å². The average Bonchev–Trinajstić information content (AvgIpc) is 2.87. The molecule has 2 heterocycles. The molecule has 2 unspecified atom stereocenters. The minimum Gasteiger partial charge on any atom is -0.480 e. The van der Waals surface area contributed by atoms with Crippen LogP contribution in [0.2, 0.25) is 0 Å². The molecule has 0 spiro atoms. The molecule has 1 aromatic rings. The number of ether oxygens (including phenoxy) is 1. The maximum atomic E-state index is 12.1. The van der Waals surface area contributed by atoms with Crippen LogP contribution in [0.4, 0.5) is 0 Å². The second-order valence-electron chi connectivity index (χ2n) is 6.33. The highest BCUT2D eigenvalue weighted by Crippen LogP contribution is 2.66. The van der Waals surface area contributed by atoms with E-state index in [2.05, 4.69) is 13.1 Å². The van der Waals surface area contributed by atoms with Gasteiger partial charge in [-0.1, -0.05) is 0 Å². The Morgan fingerprint density at radius 2 is 1.67 bits per heavy atom. The van der Waals surface area contributed by atoms with Gasteiger partial charge in [-0.05, 0) is 0 Å². The zero-order valence-electron chi connectivity index (χ0n) is 15.8. The molecular weight excluding hydrogens is 525 g/mol. The van der Waals surface area contributed by atoms with Gasteiger partial charge in [0.15, 0.2) is 0 Å². The first kappa shape index (κ1) is 27.7. The largest absolute Gasteiger partial charge is 0.490 e. The number of aromatic nitrogens is 2. The number of carboxylic acids is 1. The summed E-state index contributed by atoms with van der Waals surface area (Å²) in [5.74, 6) is -1.45. The van der Waals surface area contributed by atoms with Crippen LogP contribution in [0.1, 0.15) is 11.7 Å². The van der Waals surface area contributed by atoms with Crippen molar-refractivity contribution in [2.45, 2.75) is 31.0 Å². The van der Waals surface area contributed by atoms with Crippen LogP contribution < -0.4 is 11.2 Å². The molecule has 0 aromatic carbocycles. The van der Waals surface area contributed by atoms with E-state index in [0.29, 0.717) is 4.57 Å². The van der Waals surface area contributed by atoms with E-state index in [0.717, 1.165) is 6.20 Å². The van der Waals surface area contributed by atoms with Crippen molar-refractivity contribution < 1.29 is 71.3 Å². The Labute approximate surface area is 181 Å². The highest BCUT2D eigenvalue weighted by molar-refractivity contribution is 7.66. The van der Waals surface area contributed by atoms with Crippen LogP contribution >= 0.6 is 23.5 Å². The molecular formula is C11H17N2O17P3. The minimum atomic E-state index is -5.79. The quantitative estimate of drug-likeness (QED) is 0.138. The fourth-order valence-electron chi connectivity index (χ4n) is 2.61. The second kappa shape index (κ2) is 9.97. The smallest absolute Gasteiger partial charge is 0.480 e. The molecule has 22 heteroatoms. The van der Waals surface area contributed by atoms with E-state index >= 15 is 0 Å². The SMILES string of the molecule is O=C(O)Cn1cc([C@@H]2O[C@H](COP(=O)(O)OP(=O)(O)OP(=O)(O)O)[C@@H](O)[C@H]2O)c(=O)[nH]c1=O. The average molecular weight is 542 g/mol. The molecule has 0 radical (unpaired) electrons. The number of hydrogen-bond acceptors (Lipinski definition) is 12. The van der Waals surface area contributed by atoms with E-state index in [1.807, 2.05) is 0 Å². The van der Waals surface area contributed by atoms with Crippen LogP contribution in [0.15, 0.2) is 15.8 Å². The standard InChI is InChI=1S/C11H17N2O17P3/c14-6(15)2-13-1-4(10(18)12-11(13)19)9-8(17)7(16)5(28-9)3-27-32(23,24)30-33(25,26)29-31(20,21)22/h1,5,7-9,16-17H,2-3H2,(H,14,15)(H,23,24)(H,25,26)(H,12,18,19)(H2,20,21,22)/t5-,7-,8-,9+/m1/s1. The van der Waals surface area contributed by atoms with Gasteiger partial charge in [0, 0.05) is 6.20 Å². The van der Waals surface area contributed by atoms with Gasteiger partial charge in [0.25, 0.3) is 5.56 Å².